The highest BCUT2D eigenvalue weighted by Gasteiger charge is 2.13. The fraction of sp³-hybridized carbons (Fsp3) is 0.267. The maximum absolute atomic E-state index is 8.17. The second-order valence-electron chi connectivity index (χ2n) is 12.1. The van der Waals surface area contributed by atoms with Crippen molar-refractivity contribution in [2.45, 2.75) is 60.6 Å². The van der Waals surface area contributed by atoms with Gasteiger partial charge in [0.1, 0.15) is 21.1 Å². The lowest BCUT2D eigenvalue weighted by Crippen LogP contribution is -2.30. The van der Waals surface area contributed by atoms with Crippen LogP contribution in [0, 0.1) is 27.6 Å². The Morgan fingerprint density at radius 3 is 1.48 bits per heavy atom. The molecule has 0 aliphatic carbocycles. The summed E-state index contributed by atoms with van der Waals surface area (Å²) in [5.74, 6) is -1.60. The zero-order valence-corrected chi connectivity index (χ0v) is 29.2. The van der Waals surface area contributed by atoms with Crippen molar-refractivity contribution in [1.29, 1.82) is 0 Å². The van der Waals surface area contributed by atoms with Crippen molar-refractivity contribution in [3.8, 4) is 33.8 Å². The van der Waals surface area contributed by atoms with Crippen molar-refractivity contribution < 1.29 is 27.4 Å². The Bertz CT molecular complexity index is 2340. The van der Waals surface area contributed by atoms with Crippen LogP contribution in [0.1, 0.15) is 73.6 Å². The number of hydrogen-bond acceptors (Lipinski definition) is 0. The van der Waals surface area contributed by atoms with Crippen LogP contribution in [0.4, 0.5) is 0 Å². The van der Waals surface area contributed by atoms with E-state index in [0.717, 1.165) is 56.0 Å². The number of hydrogen-bond donors (Lipinski definition) is 0. The molecule has 0 saturated heterocycles. The van der Waals surface area contributed by atoms with Gasteiger partial charge in [0.05, 0.1) is 0 Å². The Hall–Kier alpha value is -4.89. The van der Waals surface area contributed by atoms with E-state index in [0.29, 0.717) is 11.1 Å². The highest BCUT2D eigenvalue weighted by Crippen LogP contribution is 2.25. The van der Waals surface area contributed by atoms with Crippen LogP contribution in [0.5, 0.6) is 0 Å². The number of pyridine rings is 3. The SMILES string of the molecule is [2H]C([2H])([2H])C([2H])(C)c1ccc(-c2cccc[n+]2C)c(C)c1.[2H]C([2H])([2H])Cc1ccc(-c2cccc[n+]2C)c(C)c1.[2H]C([2H])([2H])c1ccc(-c2cccc[n+]2C)c(C)c1. The molecule has 0 N–H and O–H groups in total. The molecule has 6 rings (SSSR count). The predicted octanol–water partition coefficient (Wildman–Crippen LogP) is 9.45. The lowest BCUT2D eigenvalue weighted by molar-refractivity contribution is -0.660. The van der Waals surface area contributed by atoms with Crippen molar-refractivity contribution in [3.63, 3.8) is 0 Å². The lowest BCUT2D eigenvalue weighted by Gasteiger charge is -2.09. The number of aromatic nitrogens is 3. The van der Waals surface area contributed by atoms with Gasteiger partial charge in [-0.25, -0.2) is 13.7 Å². The van der Waals surface area contributed by atoms with Gasteiger partial charge in [-0.05, 0) is 104 Å². The zero-order valence-electron chi connectivity index (χ0n) is 39.2. The summed E-state index contributed by atoms with van der Waals surface area (Å²) < 4.78 is 81.1. The van der Waals surface area contributed by atoms with Crippen molar-refractivity contribution >= 4 is 0 Å². The summed E-state index contributed by atoms with van der Waals surface area (Å²) in [7, 11) is 5.96. The molecule has 0 spiro atoms. The maximum Gasteiger partial charge on any atom is 0.212 e. The van der Waals surface area contributed by atoms with E-state index in [1.165, 1.54) is 6.92 Å². The molecule has 3 heterocycles. The second kappa shape index (κ2) is 16.8. The van der Waals surface area contributed by atoms with Crippen LogP contribution >= 0.6 is 0 Å². The van der Waals surface area contributed by atoms with Gasteiger partial charge in [-0.2, -0.15) is 0 Å². The first-order valence-corrected chi connectivity index (χ1v) is 16.1. The minimum Gasteiger partial charge on any atom is -0.201 e. The molecule has 0 aliphatic heterocycles. The monoisotopic (exact) mass is 646 g/mol. The zero-order chi connectivity index (χ0) is 43.2. The molecule has 0 saturated carbocycles. The van der Waals surface area contributed by atoms with Crippen LogP contribution in [0.2, 0.25) is 0 Å². The molecule has 48 heavy (non-hydrogen) atoms. The van der Waals surface area contributed by atoms with Crippen molar-refractivity contribution in [2.75, 3.05) is 0 Å². The molecular formula is C45H54N3+3. The standard InChI is InChI=1S/C16H20N.C15H18N.C14H16N/c1-12(2)14-8-9-15(13(3)11-14)16-7-5-6-10-17(16)4;1-4-13-8-9-14(12(2)11-13)15-7-5-6-10-16(15)3;1-11-7-8-13(12(2)10-11)14-6-4-5-9-15(14)3/h5-12H,1-4H3;5-11H,4H2,1-3H3;4-10H,1-3H3/q3*+1/i1D3,12D;2*1D3. The molecule has 0 fully saturated rings. The third-order valence-electron chi connectivity index (χ3n) is 8.37. The van der Waals surface area contributed by atoms with Gasteiger partial charge in [0, 0.05) is 66.8 Å². The molecule has 246 valence electrons. The summed E-state index contributed by atoms with van der Waals surface area (Å²) in [5.41, 5.74) is 11.3. The topological polar surface area (TPSA) is 11.6 Å². The van der Waals surface area contributed by atoms with Crippen LogP contribution in [-0.4, -0.2) is 0 Å². The van der Waals surface area contributed by atoms with Gasteiger partial charge in [0.2, 0.25) is 17.1 Å². The van der Waals surface area contributed by atoms with Gasteiger partial charge in [-0.15, -0.1) is 0 Å². The second-order valence-corrected chi connectivity index (χ2v) is 12.1. The first kappa shape index (κ1) is 24.3. The van der Waals surface area contributed by atoms with Gasteiger partial charge < -0.3 is 0 Å². The van der Waals surface area contributed by atoms with Crippen LogP contribution < -0.4 is 13.7 Å². The summed E-state index contributed by atoms with van der Waals surface area (Å²) in [6.07, 6.45) is 6.08. The first-order chi connectivity index (χ1) is 26.9. The van der Waals surface area contributed by atoms with E-state index < -0.39 is 26.4 Å². The van der Waals surface area contributed by atoms with Crippen LogP contribution in [0.15, 0.2) is 128 Å². The summed E-state index contributed by atoms with van der Waals surface area (Å²) in [6, 6.07) is 34.6. The normalized spacial score (nSPS) is 15.6. The van der Waals surface area contributed by atoms with Crippen LogP contribution in [0.25, 0.3) is 33.8 Å². The molecule has 1 atom stereocenters. The Labute approximate surface area is 303 Å². The quantitative estimate of drug-likeness (QED) is 0.165. The van der Waals surface area contributed by atoms with E-state index in [1.54, 1.807) is 18.2 Å². The Kier molecular flexibility index (Phi) is 8.49. The molecule has 3 heteroatoms. The average molecular weight is 647 g/mol. The molecule has 6 aromatic rings. The van der Waals surface area contributed by atoms with Crippen LogP contribution in [0.3, 0.4) is 0 Å². The van der Waals surface area contributed by atoms with E-state index in [2.05, 4.69) is 10.6 Å². The molecular weight excluding hydrogens is 583 g/mol. The third-order valence-corrected chi connectivity index (χ3v) is 8.37. The van der Waals surface area contributed by atoms with Gasteiger partial charge >= 0.3 is 0 Å². The molecule has 3 aromatic heterocycles. The number of aryl methyl sites for hydroxylation is 8. The number of benzene rings is 3. The van der Waals surface area contributed by atoms with E-state index in [-0.39, 0.29) is 6.42 Å². The van der Waals surface area contributed by atoms with Crippen molar-refractivity contribution in [2.24, 2.45) is 21.1 Å². The Balaban J connectivity index is 0.000000193. The summed E-state index contributed by atoms with van der Waals surface area (Å²) in [6.45, 7) is 1.05. The largest absolute Gasteiger partial charge is 0.212 e. The summed E-state index contributed by atoms with van der Waals surface area (Å²) in [4.78, 5) is 0. The fourth-order valence-electron chi connectivity index (χ4n) is 5.67. The van der Waals surface area contributed by atoms with Gasteiger partial charge in [-0.3, -0.25) is 0 Å². The molecule has 0 bridgehead atoms. The van der Waals surface area contributed by atoms with Gasteiger partial charge in [0.25, 0.3) is 0 Å². The Morgan fingerprint density at radius 1 is 0.583 bits per heavy atom. The number of nitrogens with zero attached hydrogens (tertiary/aromatic N) is 3. The summed E-state index contributed by atoms with van der Waals surface area (Å²) >= 11 is 0. The molecule has 3 nitrogen and oxygen atoms in total. The van der Waals surface area contributed by atoms with E-state index in [4.69, 9.17) is 13.7 Å². The maximum atomic E-state index is 8.17. The Morgan fingerprint density at radius 2 is 1.06 bits per heavy atom. The molecule has 0 amide bonds. The smallest absolute Gasteiger partial charge is 0.201 e. The highest BCUT2D eigenvalue weighted by atomic mass is 14.9. The van der Waals surface area contributed by atoms with Crippen LogP contribution in [-0.2, 0) is 27.6 Å². The van der Waals surface area contributed by atoms with Crippen molar-refractivity contribution in [1.82, 2.24) is 0 Å². The molecule has 0 radical (unpaired) electrons. The number of rotatable bonds is 5. The predicted molar refractivity (Wildman–Crippen MR) is 202 cm³/mol. The van der Waals surface area contributed by atoms with E-state index >= 15 is 0 Å². The minimum absolute atomic E-state index is 0.120. The molecule has 0 aliphatic rings. The lowest BCUT2D eigenvalue weighted by atomic mass is 9.96. The first-order valence-electron chi connectivity index (χ1n) is 21.1. The van der Waals surface area contributed by atoms with E-state index in [1.807, 2.05) is 155 Å². The third kappa shape index (κ3) is 9.13. The van der Waals surface area contributed by atoms with E-state index in [9.17, 15) is 0 Å². The van der Waals surface area contributed by atoms with Crippen molar-refractivity contribution in [3.05, 3.63) is 161 Å². The average Bonchev–Trinajstić information content (AvgIpc) is 3.12. The minimum atomic E-state index is -2.35. The highest BCUT2D eigenvalue weighted by molar-refractivity contribution is 5.63. The summed E-state index contributed by atoms with van der Waals surface area (Å²) in [5, 5.41) is 0. The molecule has 1 unspecified atom stereocenters. The van der Waals surface area contributed by atoms with Gasteiger partial charge in [0.15, 0.2) is 18.6 Å². The molecule has 3 aromatic carbocycles. The fourth-order valence-corrected chi connectivity index (χ4v) is 5.67. The van der Waals surface area contributed by atoms with Gasteiger partial charge in [-0.1, -0.05) is 62.6 Å².